The predicted molar refractivity (Wildman–Crippen MR) is 113 cm³/mol. The molecule has 2 aromatic rings. The highest BCUT2D eigenvalue weighted by Gasteiger charge is 2.21. The van der Waals surface area contributed by atoms with Crippen LogP contribution in [0.25, 0.3) is 0 Å². The number of likely N-dealkylation sites (tertiary alicyclic amines) is 1. The van der Waals surface area contributed by atoms with Crippen molar-refractivity contribution in [3.63, 3.8) is 0 Å². The Balaban J connectivity index is 1.18. The van der Waals surface area contributed by atoms with Gasteiger partial charge in [0.2, 0.25) is 12.7 Å². The molecule has 2 aliphatic heterocycles. The molecule has 2 aromatic carbocycles. The number of aryl methyl sites for hydroxylation is 1. The van der Waals surface area contributed by atoms with E-state index in [9.17, 15) is 9.59 Å². The first-order valence-corrected chi connectivity index (χ1v) is 10.3. The molecule has 2 heterocycles. The lowest BCUT2D eigenvalue weighted by Gasteiger charge is -2.32. The van der Waals surface area contributed by atoms with Crippen molar-refractivity contribution in [1.29, 1.82) is 0 Å². The molecule has 2 amide bonds. The fourth-order valence-corrected chi connectivity index (χ4v) is 3.88. The van der Waals surface area contributed by atoms with Crippen LogP contribution in [0.15, 0.2) is 42.5 Å². The van der Waals surface area contributed by atoms with Gasteiger partial charge in [0.1, 0.15) is 0 Å². The Hall–Kier alpha value is -3.06. The van der Waals surface area contributed by atoms with Gasteiger partial charge < -0.3 is 20.1 Å². The summed E-state index contributed by atoms with van der Waals surface area (Å²) in [7, 11) is 0. The Labute approximate surface area is 176 Å². The molecule has 0 unspecified atom stereocenters. The van der Waals surface area contributed by atoms with Gasteiger partial charge in [0.25, 0.3) is 5.91 Å². The van der Waals surface area contributed by atoms with Crippen molar-refractivity contribution in [1.82, 2.24) is 15.5 Å². The number of nitrogens with zero attached hydrogens (tertiary/aromatic N) is 1. The number of rotatable bonds is 6. The molecule has 158 valence electrons. The summed E-state index contributed by atoms with van der Waals surface area (Å²) >= 11 is 0. The average Bonchev–Trinajstić information content (AvgIpc) is 3.21. The van der Waals surface area contributed by atoms with E-state index in [1.54, 1.807) is 18.2 Å². The topological polar surface area (TPSA) is 79.9 Å². The summed E-state index contributed by atoms with van der Waals surface area (Å²) in [6.45, 7) is 5.05. The van der Waals surface area contributed by atoms with E-state index in [1.165, 1.54) is 11.1 Å². The Kier molecular flexibility index (Phi) is 6.18. The predicted octanol–water partition coefficient (Wildman–Crippen LogP) is 2.23. The second-order valence-corrected chi connectivity index (χ2v) is 7.86. The van der Waals surface area contributed by atoms with Gasteiger partial charge in [-0.05, 0) is 43.5 Å². The zero-order chi connectivity index (χ0) is 20.9. The summed E-state index contributed by atoms with van der Waals surface area (Å²) in [5, 5.41) is 5.70. The normalized spacial score (nSPS) is 16.3. The zero-order valence-corrected chi connectivity index (χ0v) is 17.1. The fourth-order valence-electron chi connectivity index (χ4n) is 3.88. The van der Waals surface area contributed by atoms with Gasteiger partial charge in [-0.1, -0.05) is 29.8 Å². The van der Waals surface area contributed by atoms with E-state index in [-0.39, 0.29) is 31.2 Å². The molecule has 30 heavy (non-hydrogen) atoms. The van der Waals surface area contributed by atoms with Crippen LogP contribution in [0.5, 0.6) is 11.5 Å². The highest BCUT2D eigenvalue weighted by molar-refractivity contribution is 5.97. The number of nitrogens with one attached hydrogen (secondary N) is 2. The SMILES string of the molecule is Cc1cccc(CN2CCC(NC(=O)CNC(=O)c3ccc4c(c3)OCO4)CC2)c1. The van der Waals surface area contributed by atoms with Crippen LogP contribution >= 0.6 is 0 Å². The first kappa shape index (κ1) is 20.2. The van der Waals surface area contributed by atoms with E-state index >= 15 is 0 Å². The van der Waals surface area contributed by atoms with Crippen molar-refractivity contribution >= 4 is 11.8 Å². The fraction of sp³-hybridized carbons (Fsp3) is 0.391. The third kappa shape index (κ3) is 5.10. The molecule has 0 aliphatic carbocycles. The minimum absolute atomic E-state index is 0.0449. The van der Waals surface area contributed by atoms with Gasteiger partial charge in [-0.3, -0.25) is 14.5 Å². The van der Waals surface area contributed by atoms with Crippen LogP contribution in [0, 0.1) is 6.92 Å². The number of ether oxygens (including phenoxy) is 2. The number of benzene rings is 2. The molecule has 1 fully saturated rings. The number of carbonyl (C=O) groups is 2. The van der Waals surface area contributed by atoms with Crippen LogP contribution in [0.4, 0.5) is 0 Å². The maximum Gasteiger partial charge on any atom is 0.251 e. The van der Waals surface area contributed by atoms with Gasteiger partial charge >= 0.3 is 0 Å². The van der Waals surface area contributed by atoms with Crippen LogP contribution in [-0.2, 0) is 11.3 Å². The smallest absolute Gasteiger partial charge is 0.251 e. The molecule has 7 heteroatoms. The maximum absolute atomic E-state index is 12.3. The van der Waals surface area contributed by atoms with Crippen LogP contribution in [-0.4, -0.2) is 49.2 Å². The van der Waals surface area contributed by atoms with Gasteiger partial charge in [-0.15, -0.1) is 0 Å². The Morgan fingerprint density at radius 2 is 1.87 bits per heavy atom. The van der Waals surface area contributed by atoms with E-state index in [2.05, 4.69) is 46.7 Å². The summed E-state index contributed by atoms with van der Waals surface area (Å²) < 4.78 is 10.5. The first-order chi connectivity index (χ1) is 14.6. The Morgan fingerprint density at radius 1 is 1.07 bits per heavy atom. The molecule has 1 saturated heterocycles. The number of carbonyl (C=O) groups excluding carboxylic acids is 2. The summed E-state index contributed by atoms with van der Waals surface area (Å²) in [6.07, 6.45) is 1.82. The Bertz CT molecular complexity index is 922. The second kappa shape index (κ2) is 9.17. The summed E-state index contributed by atoms with van der Waals surface area (Å²) in [5.74, 6) is 0.695. The first-order valence-electron chi connectivity index (χ1n) is 10.3. The third-order valence-electron chi connectivity index (χ3n) is 5.49. The van der Waals surface area contributed by atoms with Crippen molar-refractivity contribution in [2.45, 2.75) is 32.4 Å². The highest BCUT2D eigenvalue weighted by atomic mass is 16.7. The van der Waals surface area contributed by atoms with Gasteiger partial charge in [0.15, 0.2) is 11.5 Å². The average molecular weight is 409 g/mol. The Morgan fingerprint density at radius 3 is 2.67 bits per heavy atom. The number of hydrogen-bond acceptors (Lipinski definition) is 5. The summed E-state index contributed by atoms with van der Waals surface area (Å²) in [4.78, 5) is 27.0. The number of fused-ring (bicyclic) bond motifs is 1. The van der Waals surface area contributed by atoms with Crippen molar-refractivity contribution in [3.8, 4) is 11.5 Å². The summed E-state index contributed by atoms with van der Waals surface area (Å²) in [6, 6.07) is 13.7. The minimum atomic E-state index is -0.309. The molecule has 0 saturated carbocycles. The molecular weight excluding hydrogens is 382 g/mol. The van der Waals surface area contributed by atoms with Crippen molar-refractivity contribution in [3.05, 3.63) is 59.2 Å². The van der Waals surface area contributed by atoms with Gasteiger partial charge in [-0.2, -0.15) is 0 Å². The maximum atomic E-state index is 12.3. The van der Waals surface area contributed by atoms with E-state index in [0.29, 0.717) is 17.1 Å². The lowest BCUT2D eigenvalue weighted by Crippen LogP contribution is -2.47. The van der Waals surface area contributed by atoms with Crippen LogP contribution in [0.1, 0.15) is 34.3 Å². The van der Waals surface area contributed by atoms with Gasteiger partial charge in [-0.25, -0.2) is 0 Å². The number of piperidine rings is 1. The van der Waals surface area contributed by atoms with Crippen molar-refractivity contribution in [2.24, 2.45) is 0 Å². The van der Waals surface area contributed by atoms with Crippen LogP contribution in [0.3, 0.4) is 0 Å². The molecule has 7 nitrogen and oxygen atoms in total. The monoisotopic (exact) mass is 409 g/mol. The molecule has 4 rings (SSSR count). The van der Waals surface area contributed by atoms with Gasteiger partial charge in [0, 0.05) is 31.2 Å². The zero-order valence-electron chi connectivity index (χ0n) is 17.1. The van der Waals surface area contributed by atoms with E-state index in [0.717, 1.165) is 32.5 Å². The molecule has 0 bridgehead atoms. The van der Waals surface area contributed by atoms with Crippen LogP contribution < -0.4 is 20.1 Å². The molecule has 2 N–H and O–H groups in total. The van der Waals surface area contributed by atoms with Crippen molar-refractivity contribution < 1.29 is 19.1 Å². The van der Waals surface area contributed by atoms with Crippen molar-refractivity contribution in [2.75, 3.05) is 26.4 Å². The molecule has 2 aliphatic rings. The molecule has 0 spiro atoms. The molecule has 0 atom stereocenters. The van der Waals surface area contributed by atoms with Gasteiger partial charge in [0.05, 0.1) is 6.54 Å². The number of amides is 2. The molecular formula is C23H27N3O4. The number of hydrogen-bond donors (Lipinski definition) is 2. The van der Waals surface area contributed by atoms with E-state index in [1.807, 2.05) is 0 Å². The largest absolute Gasteiger partial charge is 0.454 e. The van der Waals surface area contributed by atoms with Crippen LogP contribution in [0.2, 0.25) is 0 Å². The molecule has 0 radical (unpaired) electrons. The second-order valence-electron chi connectivity index (χ2n) is 7.86. The summed E-state index contributed by atoms with van der Waals surface area (Å²) in [5.41, 5.74) is 3.04. The highest BCUT2D eigenvalue weighted by Crippen LogP contribution is 2.32. The van der Waals surface area contributed by atoms with E-state index < -0.39 is 0 Å². The minimum Gasteiger partial charge on any atom is -0.454 e. The lowest BCUT2D eigenvalue weighted by molar-refractivity contribution is -0.121. The third-order valence-corrected chi connectivity index (χ3v) is 5.49. The quantitative estimate of drug-likeness (QED) is 0.765. The lowest BCUT2D eigenvalue weighted by atomic mass is 10.0. The van der Waals surface area contributed by atoms with E-state index in [4.69, 9.17) is 9.47 Å². The standard InChI is InChI=1S/C23H27N3O4/c1-16-3-2-4-17(11-16)14-26-9-7-19(8-10-26)25-22(27)13-24-23(28)18-5-6-20-21(12-18)30-15-29-20/h2-6,11-12,19H,7-10,13-15H2,1H3,(H,24,28)(H,25,27). The molecule has 0 aromatic heterocycles.